The van der Waals surface area contributed by atoms with Crippen molar-refractivity contribution in [2.24, 2.45) is 5.92 Å². The van der Waals surface area contributed by atoms with Crippen LogP contribution in [0.2, 0.25) is 0 Å². The Balaban J connectivity index is 1.27. The number of rotatable bonds is 4. The Bertz CT molecular complexity index is 816. The Labute approximate surface area is 159 Å². The van der Waals surface area contributed by atoms with Crippen LogP contribution >= 0.6 is 0 Å². The number of hydrogen-bond donors (Lipinski definition) is 1. The first-order valence-corrected chi connectivity index (χ1v) is 9.53. The molecule has 0 saturated carbocycles. The zero-order valence-electron chi connectivity index (χ0n) is 15.3. The molecule has 0 aliphatic carbocycles. The zero-order chi connectivity index (χ0) is 18.6. The van der Waals surface area contributed by atoms with E-state index < -0.39 is 0 Å². The Morgan fingerprint density at radius 3 is 2.63 bits per heavy atom. The maximum absolute atomic E-state index is 12.6. The van der Waals surface area contributed by atoms with E-state index in [1.54, 1.807) is 6.20 Å². The van der Waals surface area contributed by atoms with Crippen LogP contribution in [0.5, 0.6) is 0 Å². The number of anilines is 2. The molecular formula is C21H24N4O2. The molecule has 1 aromatic carbocycles. The molecule has 1 unspecified atom stereocenters. The minimum Gasteiger partial charge on any atom is -0.353 e. The number of para-hydroxylation sites is 1. The smallest absolute Gasteiger partial charge is 0.227 e. The average Bonchev–Trinajstić information content (AvgIpc) is 2.73. The second-order valence-corrected chi connectivity index (χ2v) is 7.14. The van der Waals surface area contributed by atoms with Crippen molar-refractivity contribution in [3.05, 3.63) is 54.2 Å². The number of aromatic nitrogens is 1. The molecule has 2 aromatic rings. The molecule has 2 aliphatic rings. The van der Waals surface area contributed by atoms with Gasteiger partial charge >= 0.3 is 0 Å². The van der Waals surface area contributed by atoms with Gasteiger partial charge in [-0.1, -0.05) is 24.3 Å². The van der Waals surface area contributed by atoms with Gasteiger partial charge in [-0.3, -0.25) is 9.59 Å². The maximum atomic E-state index is 12.6. The van der Waals surface area contributed by atoms with Crippen LogP contribution in [0.1, 0.15) is 18.4 Å². The van der Waals surface area contributed by atoms with Crippen molar-refractivity contribution in [3.63, 3.8) is 0 Å². The van der Waals surface area contributed by atoms with Gasteiger partial charge in [0.15, 0.2) is 0 Å². The average molecular weight is 364 g/mol. The van der Waals surface area contributed by atoms with Gasteiger partial charge < -0.3 is 15.1 Å². The number of carbonyl (C=O) groups is 2. The van der Waals surface area contributed by atoms with Crippen molar-refractivity contribution >= 4 is 23.3 Å². The molecule has 140 valence electrons. The molecule has 6 nitrogen and oxygen atoms in total. The van der Waals surface area contributed by atoms with Crippen molar-refractivity contribution in [2.45, 2.75) is 19.3 Å². The summed E-state index contributed by atoms with van der Waals surface area (Å²) < 4.78 is 0. The number of piperazine rings is 1. The summed E-state index contributed by atoms with van der Waals surface area (Å²) in [4.78, 5) is 33.4. The van der Waals surface area contributed by atoms with Gasteiger partial charge in [0.2, 0.25) is 11.8 Å². The molecule has 0 radical (unpaired) electrons. The molecule has 2 aliphatic heterocycles. The highest BCUT2D eigenvalue weighted by atomic mass is 16.2. The van der Waals surface area contributed by atoms with Crippen LogP contribution < -0.4 is 10.2 Å². The number of amides is 2. The molecule has 27 heavy (non-hydrogen) atoms. The molecule has 2 amide bonds. The topological polar surface area (TPSA) is 65.5 Å². The Morgan fingerprint density at radius 1 is 1.07 bits per heavy atom. The lowest BCUT2D eigenvalue weighted by molar-refractivity contribution is -0.132. The third-order valence-corrected chi connectivity index (χ3v) is 5.42. The lowest BCUT2D eigenvalue weighted by Crippen LogP contribution is -2.49. The first-order chi connectivity index (χ1) is 13.2. The predicted octanol–water partition coefficient (Wildman–Crippen LogP) is 2.32. The molecule has 0 bridgehead atoms. The van der Waals surface area contributed by atoms with Crippen LogP contribution in [-0.2, 0) is 16.0 Å². The molecule has 1 aromatic heterocycles. The normalized spacial score (nSPS) is 19.4. The van der Waals surface area contributed by atoms with Gasteiger partial charge in [-0.15, -0.1) is 0 Å². The molecule has 1 N–H and O–H groups in total. The molecule has 4 rings (SSSR count). The first kappa shape index (κ1) is 17.5. The summed E-state index contributed by atoms with van der Waals surface area (Å²) in [6, 6.07) is 13.8. The molecule has 3 heterocycles. The van der Waals surface area contributed by atoms with Crippen molar-refractivity contribution in [1.29, 1.82) is 0 Å². The molecule has 6 heteroatoms. The quantitative estimate of drug-likeness (QED) is 0.904. The second kappa shape index (κ2) is 7.78. The summed E-state index contributed by atoms with van der Waals surface area (Å²) in [5.41, 5.74) is 2.05. The van der Waals surface area contributed by atoms with E-state index in [2.05, 4.69) is 15.2 Å². The third-order valence-electron chi connectivity index (χ3n) is 5.42. The fraction of sp³-hybridized carbons (Fsp3) is 0.381. The van der Waals surface area contributed by atoms with Gasteiger partial charge in [0, 0.05) is 50.4 Å². The fourth-order valence-corrected chi connectivity index (χ4v) is 3.83. The largest absolute Gasteiger partial charge is 0.353 e. The molecule has 0 spiro atoms. The highest BCUT2D eigenvalue weighted by molar-refractivity contribution is 5.96. The Morgan fingerprint density at radius 2 is 1.85 bits per heavy atom. The van der Waals surface area contributed by atoms with Crippen molar-refractivity contribution in [2.75, 3.05) is 36.4 Å². The van der Waals surface area contributed by atoms with Crippen LogP contribution in [0.15, 0.2) is 48.7 Å². The number of pyridine rings is 1. The fourth-order valence-electron chi connectivity index (χ4n) is 3.83. The predicted molar refractivity (Wildman–Crippen MR) is 105 cm³/mol. The van der Waals surface area contributed by atoms with Crippen LogP contribution in [0.3, 0.4) is 0 Å². The number of benzene rings is 1. The lowest BCUT2D eigenvalue weighted by Gasteiger charge is -2.35. The Hall–Kier alpha value is -2.89. The van der Waals surface area contributed by atoms with E-state index in [0.717, 1.165) is 30.2 Å². The van der Waals surface area contributed by atoms with E-state index >= 15 is 0 Å². The summed E-state index contributed by atoms with van der Waals surface area (Å²) >= 11 is 0. The maximum Gasteiger partial charge on any atom is 0.227 e. The number of fused-ring (bicyclic) bond motifs is 1. The van der Waals surface area contributed by atoms with Gasteiger partial charge in [0.1, 0.15) is 5.82 Å². The monoisotopic (exact) mass is 364 g/mol. The van der Waals surface area contributed by atoms with Crippen molar-refractivity contribution in [3.8, 4) is 0 Å². The van der Waals surface area contributed by atoms with Gasteiger partial charge in [-0.05, 0) is 36.6 Å². The molecule has 1 saturated heterocycles. The van der Waals surface area contributed by atoms with E-state index in [1.165, 1.54) is 0 Å². The van der Waals surface area contributed by atoms with Crippen LogP contribution in [0.4, 0.5) is 11.5 Å². The van der Waals surface area contributed by atoms with Crippen molar-refractivity contribution in [1.82, 2.24) is 9.88 Å². The summed E-state index contributed by atoms with van der Waals surface area (Å²) in [5, 5.41) is 2.96. The highest BCUT2D eigenvalue weighted by Crippen LogP contribution is 2.27. The van der Waals surface area contributed by atoms with Crippen molar-refractivity contribution < 1.29 is 9.59 Å². The number of hydrogen-bond acceptors (Lipinski definition) is 4. The third kappa shape index (κ3) is 3.94. The summed E-state index contributed by atoms with van der Waals surface area (Å²) in [6.45, 7) is 2.99. The van der Waals surface area contributed by atoms with E-state index in [9.17, 15) is 9.59 Å². The van der Waals surface area contributed by atoms with Gasteiger partial charge in [0.05, 0.1) is 0 Å². The van der Waals surface area contributed by atoms with E-state index in [0.29, 0.717) is 32.4 Å². The number of nitrogens with one attached hydrogen (secondary N) is 1. The second-order valence-electron chi connectivity index (χ2n) is 7.14. The standard InChI is InChI=1S/C21H24N4O2/c26-20(25-13-11-24(12-14-25)19-7-3-4-10-22-19)9-8-17-15-16-5-1-2-6-18(16)23-21(17)27/h1-7,10,17H,8-9,11-15H2,(H,23,27). The van der Waals surface area contributed by atoms with E-state index in [-0.39, 0.29) is 17.7 Å². The van der Waals surface area contributed by atoms with E-state index in [4.69, 9.17) is 0 Å². The number of carbonyl (C=O) groups excluding carboxylic acids is 2. The van der Waals surface area contributed by atoms with Gasteiger partial charge in [0.25, 0.3) is 0 Å². The van der Waals surface area contributed by atoms with Crippen LogP contribution in [-0.4, -0.2) is 47.9 Å². The van der Waals surface area contributed by atoms with Crippen LogP contribution in [0, 0.1) is 5.92 Å². The Kier molecular flexibility index (Phi) is 5.05. The first-order valence-electron chi connectivity index (χ1n) is 9.53. The SMILES string of the molecule is O=C1Nc2ccccc2CC1CCC(=O)N1CCN(c2ccccn2)CC1. The van der Waals surface area contributed by atoms with E-state index in [1.807, 2.05) is 47.4 Å². The summed E-state index contributed by atoms with van der Waals surface area (Å²) in [5.74, 6) is 1.00. The molecule has 1 atom stereocenters. The summed E-state index contributed by atoms with van der Waals surface area (Å²) in [6.07, 6.45) is 3.52. The number of nitrogens with zero attached hydrogens (tertiary/aromatic N) is 3. The minimum atomic E-state index is -0.126. The highest BCUT2D eigenvalue weighted by Gasteiger charge is 2.28. The van der Waals surface area contributed by atoms with Gasteiger partial charge in [-0.2, -0.15) is 0 Å². The molecule has 1 fully saturated rings. The minimum absolute atomic E-state index is 0.0291. The summed E-state index contributed by atoms with van der Waals surface area (Å²) in [7, 11) is 0. The van der Waals surface area contributed by atoms with Gasteiger partial charge in [-0.25, -0.2) is 4.98 Å². The molecular weight excluding hydrogens is 340 g/mol. The zero-order valence-corrected chi connectivity index (χ0v) is 15.3. The lowest BCUT2D eigenvalue weighted by atomic mass is 9.89. The van der Waals surface area contributed by atoms with Crippen LogP contribution in [0.25, 0.3) is 0 Å².